The second-order valence-corrected chi connectivity index (χ2v) is 6.72. The van der Waals surface area contributed by atoms with Gasteiger partial charge in [0.15, 0.2) is 11.4 Å². The topological polar surface area (TPSA) is 97.8 Å². The minimum atomic E-state index is -1.95. The molecule has 1 unspecified atom stereocenters. The van der Waals surface area contributed by atoms with Crippen LogP contribution in [0.2, 0.25) is 0 Å². The second-order valence-electron chi connectivity index (χ2n) is 4.97. The molecule has 2 aromatic rings. The second kappa shape index (κ2) is 7.04. The Hall–Kier alpha value is -2.02. The highest BCUT2D eigenvalue weighted by Crippen LogP contribution is 2.33. The van der Waals surface area contributed by atoms with E-state index in [0.717, 1.165) is 12.1 Å². The van der Waals surface area contributed by atoms with Gasteiger partial charge < -0.3 is 9.66 Å². The van der Waals surface area contributed by atoms with Crippen molar-refractivity contribution in [1.82, 2.24) is 14.8 Å². The number of aromatic nitrogens is 3. The van der Waals surface area contributed by atoms with Crippen LogP contribution in [0.4, 0.5) is 8.78 Å². The summed E-state index contributed by atoms with van der Waals surface area (Å²) in [4.78, 5) is 3.74. The Bertz CT molecular complexity index is 707. The summed E-state index contributed by atoms with van der Waals surface area (Å²) in [5.41, 5.74) is -2.17. The Balaban J connectivity index is 2.47. The van der Waals surface area contributed by atoms with Gasteiger partial charge in [0.1, 0.15) is 35.6 Å². The van der Waals surface area contributed by atoms with E-state index in [1.807, 2.05) is 0 Å². The van der Waals surface area contributed by atoms with Crippen molar-refractivity contribution in [3.8, 4) is 6.07 Å². The summed E-state index contributed by atoms with van der Waals surface area (Å²) >= 11 is -1.74. The first-order valence-electron chi connectivity index (χ1n) is 6.63. The van der Waals surface area contributed by atoms with Crippen molar-refractivity contribution in [1.29, 1.82) is 5.26 Å². The van der Waals surface area contributed by atoms with Crippen molar-refractivity contribution in [2.45, 2.75) is 24.3 Å². The van der Waals surface area contributed by atoms with Crippen molar-refractivity contribution in [3.63, 3.8) is 0 Å². The summed E-state index contributed by atoms with van der Waals surface area (Å²) in [6.07, 6.45) is 2.55. The zero-order chi connectivity index (χ0) is 17.0. The molecule has 0 radical (unpaired) electrons. The molecule has 0 aliphatic heterocycles. The van der Waals surface area contributed by atoms with E-state index in [2.05, 4.69) is 10.1 Å². The number of benzene rings is 1. The molecule has 3 atom stereocenters. The van der Waals surface area contributed by atoms with Gasteiger partial charge >= 0.3 is 0 Å². The molecule has 0 saturated heterocycles. The smallest absolute Gasteiger partial charge is 0.191 e. The highest BCUT2D eigenvalue weighted by molar-refractivity contribution is 7.92. The molecule has 9 heteroatoms. The quantitative estimate of drug-likeness (QED) is 0.794. The summed E-state index contributed by atoms with van der Waals surface area (Å²) in [6.45, 7) is 1.20. The fraction of sp³-hybridized carbons (Fsp3) is 0.357. The van der Waals surface area contributed by atoms with Gasteiger partial charge in [-0.25, -0.2) is 18.4 Å². The SMILES string of the molecule is C[C@@H]([S+]([O-])CC#N)[C@](O)(Cn1cncn1)c1ccc(F)cc1F. The molecule has 2 rings (SSSR count). The van der Waals surface area contributed by atoms with Gasteiger partial charge in [-0.15, -0.1) is 0 Å². The third-order valence-corrected chi connectivity index (χ3v) is 5.13. The van der Waals surface area contributed by atoms with E-state index in [4.69, 9.17) is 5.26 Å². The zero-order valence-electron chi connectivity index (χ0n) is 12.2. The van der Waals surface area contributed by atoms with Gasteiger partial charge in [-0.05, 0) is 24.2 Å². The maximum atomic E-state index is 14.2. The van der Waals surface area contributed by atoms with Gasteiger partial charge in [-0.1, -0.05) is 6.07 Å². The molecule has 0 amide bonds. The minimum Gasteiger partial charge on any atom is -0.615 e. The number of nitriles is 1. The first-order chi connectivity index (χ1) is 10.9. The third kappa shape index (κ3) is 3.67. The lowest BCUT2D eigenvalue weighted by molar-refractivity contribution is 0.0110. The van der Waals surface area contributed by atoms with Crippen LogP contribution >= 0.6 is 0 Å². The monoisotopic (exact) mass is 340 g/mol. The van der Waals surface area contributed by atoms with Gasteiger partial charge in [0.05, 0.1) is 6.54 Å². The summed E-state index contributed by atoms with van der Waals surface area (Å²) in [6, 6.07) is 4.50. The molecule has 6 nitrogen and oxygen atoms in total. The maximum Gasteiger partial charge on any atom is 0.191 e. The summed E-state index contributed by atoms with van der Waals surface area (Å²) < 4.78 is 40.7. The predicted molar refractivity (Wildman–Crippen MR) is 78.4 cm³/mol. The highest BCUT2D eigenvalue weighted by Gasteiger charge is 2.45. The van der Waals surface area contributed by atoms with E-state index >= 15 is 0 Å². The Morgan fingerprint density at radius 1 is 1.52 bits per heavy atom. The highest BCUT2D eigenvalue weighted by atomic mass is 32.2. The van der Waals surface area contributed by atoms with Gasteiger partial charge in [0, 0.05) is 11.6 Å². The van der Waals surface area contributed by atoms with Gasteiger partial charge in [-0.2, -0.15) is 10.4 Å². The molecule has 1 aromatic heterocycles. The first-order valence-corrected chi connectivity index (χ1v) is 8.01. The molecule has 1 aromatic carbocycles. The van der Waals surface area contributed by atoms with E-state index in [1.54, 1.807) is 6.07 Å². The maximum absolute atomic E-state index is 14.2. The number of halogens is 2. The van der Waals surface area contributed by atoms with Crippen LogP contribution in [0.15, 0.2) is 30.9 Å². The van der Waals surface area contributed by atoms with E-state index in [-0.39, 0.29) is 17.9 Å². The molecular formula is C14H14F2N4O2S. The standard InChI is InChI=1S/C14H14F2N4O2S/c1-10(23(22)5-4-17)14(21,7-20-9-18-8-19-20)12-3-2-11(15)6-13(12)16/h2-3,6,8-10,21H,5,7H2,1H3/t10-,14-,23?/m1/s1. The zero-order valence-corrected chi connectivity index (χ0v) is 13.0. The molecular weight excluding hydrogens is 326 g/mol. The molecule has 0 bridgehead atoms. The number of hydrogen-bond acceptors (Lipinski definition) is 5. The Morgan fingerprint density at radius 3 is 2.83 bits per heavy atom. The molecule has 122 valence electrons. The predicted octanol–water partition coefficient (Wildman–Crippen LogP) is 1.10. The molecule has 0 aliphatic rings. The minimum absolute atomic E-state index is 0.215. The van der Waals surface area contributed by atoms with E-state index < -0.39 is 33.7 Å². The molecule has 1 N–H and O–H groups in total. The van der Waals surface area contributed by atoms with Crippen LogP contribution in [0.1, 0.15) is 12.5 Å². The van der Waals surface area contributed by atoms with Crippen LogP contribution in [0.5, 0.6) is 0 Å². The summed E-state index contributed by atoms with van der Waals surface area (Å²) in [7, 11) is 0. The fourth-order valence-corrected chi connectivity index (χ4v) is 3.25. The normalized spacial score (nSPS) is 16.3. The number of hydrogen-bond donors (Lipinski definition) is 1. The number of nitrogens with zero attached hydrogens (tertiary/aromatic N) is 4. The Morgan fingerprint density at radius 2 is 2.26 bits per heavy atom. The average Bonchev–Trinajstić information content (AvgIpc) is 2.99. The van der Waals surface area contributed by atoms with Crippen molar-refractivity contribution < 1.29 is 18.4 Å². The van der Waals surface area contributed by atoms with Crippen LogP contribution in [-0.2, 0) is 23.3 Å². The summed E-state index contributed by atoms with van der Waals surface area (Å²) in [5.74, 6) is -2.07. The van der Waals surface area contributed by atoms with Crippen LogP contribution in [0.3, 0.4) is 0 Å². The van der Waals surface area contributed by atoms with Crippen molar-refractivity contribution in [3.05, 3.63) is 48.1 Å². The fourth-order valence-electron chi connectivity index (χ4n) is 2.24. The van der Waals surface area contributed by atoms with E-state index in [1.165, 1.54) is 24.3 Å². The van der Waals surface area contributed by atoms with Gasteiger partial charge in [0.2, 0.25) is 0 Å². The largest absolute Gasteiger partial charge is 0.615 e. The van der Waals surface area contributed by atoms with Crippen molar-refractivity contribution in [2.75, 3.05) is 5.75 Å². The Labute approximate surface area is 134 Å². The number of aliphatic hydroxyl groups is 1. The molecule has 1 heterocycles. The number of rotatable bonds is 6. The average molecular weight is 340 g/mol. The Kier molecular flexibility index (Phi) is 5.30. The van der Waals surface area contributed by atoms with Crippen molar-refractivity contribution >= 4 is 11.2 Å². The molecule has 0 saturated carbocycles. The van der Waals surface area contributed by atoms with Crippen LogP contribution < -0.4 is 0 Å². The lowest BCUT2D eigenvalue weighted by atomic mass is 9.90. The van der Waals surface area contributed by atoms with Crippen LogP contribution in [-0.4, -0.2) is 35.4 Å². The van der Waals surface area contributed by atoms with Crippen molar-refractivity contribution in [2.24, 2.45) is 0 Å². The van der Waals surface area contributed by atoms with Crippen LogP contribution in [0, 0.1) is 23.0 Å². The molecule has 0 fully saturated rings. The van der Waals surface area contributed by atoms with Gasteiger partial charge in [0.25, 0.3) is 0 Å². The van der Waals surface area contributed by atoms with Crippen LogP contribution in [0.25, 0.3) is 0 Å². The summed E-state index contributed by atoms with van der Waals surface area (Å²) in [5, 5.41) is 22.6. The molecule has 0 aliphatic carbocycles. The third-order valence-electron chi connectivity index (χ3n) is 3.54. The molecule has 23 heavy (non-hydrogen) atoms. The molecule has 0 spiro atoms. The first kappa shape index (κ1) is 17.3. The van der Waals surface area contributed by atoms with Gasteiger partial charge in [-0.3, -0.25) is 0 Å². The lowest BCUT2D eigenvalue weighted by Gasteiger charge is -2.34. The van der Waals surface area contributed by atoms with E-state index in [9.17, 15) is 18.4 Å². The van der Waals surface area contributed by atoms with E-state index in [0.29, 0.717) is 6.07 Å². The lowest BCUT2D eigenvalue weighted by Crippen LogP contribution is -2.47.